The van der Waals surface area contributed by atoms with Gasteiger partial charge in [0.15, 0.2) is 15.8 Å². The summed E-state index contributed by atoms with van der Waals surface area (Å²) in [5.74, 6) is 1.62. The average molecular weight is 448 g/mol. The number of ether oxygens (including phenoxy) is 2. The molecular formula is C23H33N3O4S. The maximum Gasteiger partial charge on any atom is 0.191 e. The Balaban J connectivity index is 1.79. The van der Waals surface area contributed by atoms with Gasteiger partial charge in [-0.25, -0.2) is 8.42 Å². The number of guanidine groups is 1. The molecule has 0 amide bonds. The summed E-state index contributed by atoms with van der Waals surface area (Å²) in [4.78, 5) is 4.21. The highest BCUT2D eigenvalue weighted by Crippen LogP contribution is 2.20. The van der Waals surface area contributed by atoms with E-state index < -0.39 is 9.84 Å². The highest BCUT2D eigenvalue weighted by Gasteiger charge is 2.12. The predicted octanol–water partition coefficient (Wildman–Crippen LogP) is 2.69. The third-order valence-electron chi connectivity index (χ3n) is 4.59. The van der Waals surface area contributed by atoms with Gasteiger partial charge in [-0.05, 0) is 30.5 Å². The number of aliphatic imine (C=N–C) groups is 1. The Morgan fingerprint density at radius 3 is 2.55 bits per heavy atom. The third kappa shape index (κ3) is 9.40. The Kier molecular flexibility index (Phi) is 10.3. The monoisotopic (exact) mass is 447 g/mol. The van der Waals surface area contributed by atoms with Crippen LogP contribution in [0.25, 0.3) is 0 Å². The van der Waals surface area contributed by atoms with Crippen LogP contribution < -0.4 is 15.4 Å². The molecule has 0 saturated carbocycles. The molecule has 0 atom stereocenters. The maximum absolute atomic E-state index is 12.3. The van der Waals surface area contributed by atoms with Gasteiger partial charge in [0.05, 0.1) is 18.1 Å². The number of benzene rings is 2. The zero-order valence-corrected chi connectivity index (χ0v) is 19.4. The smallest absolute Gasteiger partial charge is 0.191 e. The first-order chi connectivity index (χ1) is 14.9. The standard InChI is InChI=1S/C23H33N3O4S/c1-19-10-11-21(22(16-19)30-14-13-29-3)17-26-23(24-2)25-12-7-15-31(27,28)18-20-8-5-4-6-9-20/h4-6,8-11,16H,7,12-15,17-18H2,1-3H3,(H2,24,25,26). The lowest BCUT2D eigenvalue weighted by Gasteiger charge is -2.15. The van der Waals surface area contributed by atoms with E-state index in [0.717, 1.165) is 22.4 Å². The second-order valence-corrected chi connectivity index (χ2v) is 9.42. The van der Waals surface area contributed by atoms with Crippen molar-refractivity contribution >= 4 is 15.8 Å². The van der Waals surface area contributed by atoms with E-state index in [9.17, 15) is 8.42 Å². The molecule has 0 bridgehead atoms. The lowest BCUT2D eigenvalue weighted by atomic mass is 10.1. The molecule has 0 aliphatic rings. The number of hydrogen-bond acceptors (Lipinski definition) is 5. The second-order valence-electron chi connectivity index (χ2n) is 7.24. The Morgan fingerprint density at radius 2 is 1.84 bits per heavy atom. The first-order valence-corrected chi connectivity index (χ1v) is 12.2. The quantitative estimate of drug-likeness (QED) is 0.295. The van der Waals surface area contributed by atoms with E-state index in [1.165, 1.54) is 0 Å². The van der Waals surface area contributed by atoms with Crippen LogP contribution in [0.3, 0.4) is 0 Å². The molecule has 2 aromatic carbocycles. The lowest BCUT2D eigenvalue weighted by molar-refractivity contribution is 0.145. The van der Waals surface area contributed by atoms with Crippen LogP contribution in [0.5, 0.6) is 5.75 Å². The van der Waals surface area contributed by atoms with E-state index in [4.69, 9.17) is 9.47 Å². The predicted molar refractivity (Wildman–Crippen MR) is 125 cm³/mol. The van der Waals surface area contributed by atoms with Crippen LogP contribution in [0.15, 0.2) is 53.5 Å². The summed E-state index contributed by atoms with van der Waals surface area (Å²) < 4.78 is 35.5. The van der Waals surface area contributed by atoms with Gasteiger partial charge in [-0.1, -0.05) is 42.5 Å². The SMILES string of the molecule is CN=C(NCCCS(=O)(=O)Cc1ccccc1)NCc1ccc(C)cc1OCCOC. The number of sulfone groups is 1. The number of aryl methyl sites for hydroxylation is 1. The van der Waals surface area contributed by atoms with Crippen LogP contribution in [0.4, 0.5) is 0 Å². The van der Waals surface area contributed by atoms with Gasteiger partial charge in [0, 0.05) is 32.8 Å². The summed E-state index contributed by atoms with van der Waals surface area (Å²) >= 11 is 0. The molecule has 2 aromatic rings. The molecule has 0 aromatic heterocycles. The fraction of sp³-hybridized carbons (Fsp3) is 0.435. The van der Waals surface area contributed by atoms with E-state index >= 15 is 0 Å². The van der Waals surface area contributed by atoms with Crippen molar-refractivity contribution in [2.45, 2.75) is 25.6 Å². The second kappa shape index (κ2) is 13.0. The van der Waals surface area contributed by atoms with Crippen molar-refractivity contribution in [3.63, 3.8) is 0 Å². The molecule has 0 aliphatic carbocycles. The summed E-state index contributed by atoms with van der Waals surface area (Å²) in [6.07, 6.45) is 0.506. The molecule has 0 saturated heterocycles. The largest absolute Gasteiger partial charge is 0.491 e. The minimum Gasteiger partial charge on any atom is -0.491 e. The molecule has 0 fully saturated rings. The van der Waals surface area contributed by atoms with Crippen LogP contribution in [0.2, 0.25) is 0 Å². The first kappa shape index (κ1) is 24.7. The van der Waals surface area contributed by atoms with E-state index in [0.29, 0.717) is 38.7 Å². The number of nitrogens with zero attached hydrogens (tertiary/aromatic N) is 1. The normalized spacial score (nSPS) is 11.9. The fourth-order valence-electron chi connectivity index (χ4n) is 2.98. The topological polar surface area (TPSA) is 89.0 Å². The Hall–Kier alpha value is -2.58. The van der Waals surface area contributed by atoms with Gasteiger partial charge < -0.3 is 20.1 Å². The average Bonchev–Trinajstić information content (AvgIpc) is 2.75. The molecule has 0 spiro atoms. The summed E-state index contributed by atoms with van der Waals surface area (Å²) in [7, 11) is 0.188. The summed E-state index contributed by atoms with van der Waals surface area (Å²) in [6.45, 7) is 4.08. The van der Waals surface area contributed by atoms with Crippen LogP contribution in [-0.4, -0.2) is 54.0 Å². The van der Waals surface area contributed by atoms with Gasteiger partial charge in [0.2, 0.25) is 0 Å². The van der Waals surface area contributed by atoms with Gasteiger partial charge in [0.25, 0.3) is 0 Å². The molecule has 0 aliphatic heterocycles. The molecular weight excluding hydrogens is 414 g/mol. The minimum absolute atomic E-state index is 0.0695. The first-order valence-electron chi connectivity index (χ1n) is 10.3. The molecule has 0 radical (unpaired) electrons. The van der Waals surface area contributed by atoms with Gasteiger partial charge in [-0.15, -0.1) is 0 Å². The third-order valence-corrected chi connectivity index (χ3v) is 6.28. The van der Waals surface area contributed by atoms with Gasteiger partial charge in [0.1, 0.15) is 12.4 Å². The number of methoxy groups -OCH3 is 1. The number of nitrogens with one attached hydrogen (secondary N) is 2. The maximum atomic E-state index is 12.3. The minimum atomic E-state index is -3.14. The molecule has 2 N–H and O–H groups in total. The molecule has 31 heavy (non-hydrogen) atoms. The molecule has 2 rings (SSSR count). The van der Waals surface area contributed by atoms with Gasteiger partial charge in [-0.2, -0.15) is 0 Å². The van der Waals surface area contributed by atoms with E-state index in [1.54, 1.807) is 14.2 Å². The number of hydrogen-bond donors (Lipinski definition) is 2. The highest BCUT2D eigenvalue weighted by atomic mass is 32.2. The van der Waals surface area contributed by atoms with Crippen molar-refractivity contribution < 1.29 is 17.9 Å². The van der Waals surface area contributed by atoms with E-state index in [-0.39, 0.29) is 11.5 Å². The van der Waals surface area contributed by atoms with Gasteiger partial charge >= 0.3 is 0 Å². The molecule has 8 heteroatoms. The molecule has 170 valence electrons. The zero-order chi connectivity index (χ0) is 22.5. The van der Waals surface area contributed by atoms with Crippen LogP contribution >= 0.6 is 0 Å². The fourth-order valence-corrected chi connectivity index (χ4v) is 4.40. The summed E-state index contributed by atoms with van der Waals surface area (Å²) in [6, 6.07) is 15.3. The Labute approximate surface area is 185 Å². The van der Waals surface area contributed by atoms with E-state index in [2.05, 4.69) is 15.6 Å². The van der Waals surface area contributed by atoms with Crippen molar-refractivity contribution in [1.82, 2.24) is 10.6 Å². The van der Waals surface area contributed by atoms with Crippen molar-refractivity contribution in [2.75, 3.05) is 39.7 Å². The van der Waals surface area contributed by atoms with Gasteiger partial charge in [-0.3, -0.25) is 4.99 Å². The zero-order valence-electron chi connectivity index (χ0n) is 18.6. The van der Waals surface area contributed by atoms with Crippen molar-refractivity contribution in [2.24, 2.45) is 4.99 Å². The molecule has 0 unspecified atom stereocenters. The Morgan fingerprint density at radius 1 is 1.06 bits per heavy atom. The van der Waals surface area contributed by atoms with Crippen LogP contribution in [0.1, 0.15) is 23.1 Å². The van der Waals surface area contributed by atoms with Crippen molar-refractivity contribution in [1.29, 1.82) is 0 Å². The van der Waals surface area contributed by atoms with Crippen LogP contribution in [-0.2, 0) is 26.9 Å². The van der Waals surface area contributed by atoms with E-state index in [1.807, 2.05) is 55.5 Å². The lowest BCUT2D eigenvalue weighted by Crippen LogP contribution is -2.37. The number of rotatable bonds is 12. The summed E-state index contributed by atoms with van der Waals surface area (Å²) in [5.41, 5.74) is 2.94. The van der Waals surface area contributed by atoms with Crippen molar-refractivity contribution in [3.05, 3.63) is 65.2 Å². The Bertz CT molecular complexity index is 931. The highest BCUT2D eigenvalue weighted by molar-refractivity contribution is 7.90. The molecule has 0 heterocycles. The van der Waals surface area contributed by atoms with Crippen molar-refractivity contribution in [3.8, 4) is 5.75 Å². The van der Waals surface area contributed by atoms with Crippen LogP contribution in [0, 0.1) is 6.92 Å². The molecule has 7 nitrogen and oxygen atoms in total. The summed E-state index contributed by atoms with van der Waals surface area (Å²) in [5, 5.41) is 6.42.